The SMILES string of the molecule is NNc1ncnc(NCCCC(N)=O)c1[N+](=O)[O-]. The predicted molar refractivity (Wildman–Crippen MR) is 63.4 cm³/mol. The van der Waals surface area contributed by atoms with E-state index in [1.54, 1.807) is 0 Å². The third-order valence-corrected chi connectivity index (χ3v) is 2.03. The zero-order valence-corrected chi connectivity index (χ0v) is 9.42. The summed E-state index contributed by atoms with van der Waals surface area (Å²) < 4.78 is 0. The molecule has 0 spiro atoms. The van der Waals surface area contributed by atoms with Crippen LogP contribution < -0.4 is 22.3 Å². The van der Waals surface area contributed by atoms with Crippen LogP contribution in [0.3, 0.4) is 0 Å². The molecule has 0 atom stereocenters. The smallest absolute Gasteiger partial charge is 0.354 e. The molecule has 1 heterocycles. The standard InChI is InChI=1S/C8H13N7O3/c9-5(16)2-1-3-11-7-6(15(17)18)8(14-10)13-4-12-7/h4H,1-3,10H2,(H2,9,16)(H2,11,12,13,14). The van der Waals surface area contributed by atoms with Crippen LogP contribution in [0.1, 0.15) is 12.8 Å². The molecule has 18 heavy (non-hydrogen) atoms. The molecule has 1 rings (SSSR count). The first-order valence-electron chi connectivity index (χ1n) is 5.04. The van der Waals surface area contributed by atoms with Crippen LogP contribution in [0.25, 0.3) is 0 Å². The van der Waals surface area contributed by atoms with E-state index in [0.717, 1.165) is 6.33 Å². The van der Waals surface area contributed by atoms with Gasteiger partial charge in [-0.05, 0) is 6.42 Å². The van der Waals surface area contributed by atoms with Crippen LogP contribution in [0.2, 0.25) is 0 Å². The molecule has 0 aliphatic rings. The van der Waals surface area contributed by atoms with Crippen molar-refractivity contribution in [3.05, 3.63) is 16.4 Å². The quantitative estimate of drug-likeness (QED) is 0.216. The molecule has 0 saturated heterocycles. The molecule has 10 heteroatoms. The van der Waals surface area contributed by atoms with E-state index in [-0.39, 0.29) is 23.7 Å². The summed E-state index contributed by atoms with van der Waals surface area (Å²) in [6.07, 6.45) is 1.77. The number of rotatable bonds is 7. The van der Waals surface area contributed by atoms with Crippen molar-refractivity contribution in [2.75, 3.05) is 17.3 Å². The lowest BCUT2D eigenvalue weighted by molar-refractivity contribution is -0.383. The van der Waals surface area contributed by atoms with Gasteiger partial charge >= 0.3 is 5.69 Å². The maximum absolute atomic E-state index is 10.9. The third kappa shape index (κ3) is 3.52. The molecule has 0 bridgehead atoms. The Morgan fingerprint density at radius 2 is 2.11 bits per heavy atom. The van der Waals surface area contributed by atoms with Crippen molar-refractivity contribution in [2.24, 2.45) is 11.6 Å². The zero-order chi connectivity index (χ0) is 13.5. The summed E-state index contributed by atoms with van der Waals surface area (Å²) in [5.41, 5.74) is 6.74. The van der Waals surface area contributed by atoms with E-state index in [0.29, 0.717) is 13.0 Å². The van der Waals surface area contributed by atoms with Crippen molar-refractivity contribution < 1.29 is 9.72 Å². The molecule has 0 aromatic carbocycles. The summed E-state index contributed by atoms with van der Waals surface area (Å²) >= 11 is 0. The van der Waals surface area contributed by atoms with E-state index in [1.807, 2.05) is 0 Å². The van der Waals surface area contributed by atoms with Gasteiger partial charge in [-0.3, -0.25) is 14.9 Å². The second-order valence-corrected chi connectivity index (χ2v) is 3.32. The minimum absolute atomic E-state index is 0.0346. The Bertz CT molecular complexity index is 450. The van der Waals surface area contributed by atoms with Gasteiger partial charge in [-0.25, -0.2) is 15.8 Å². The number of aromatic nitrogens is 2. The summed E-state index contributed by atoms with van der Waals surface area (Å²) in [5, 5.41) is 13.6. The molecule has 0 saturated carbocycles. The van der Waals surface area contributed by atoms with Gasteiger partial charge in [-0.1, -0.05) is 0 Å². The van der Waals surface area contributed by atoms with Gasteiger partial charge in [-0.2, -0.15) is 0 Å². The molecule has 0 fully saturated rings. The normalized spacial score (nSPS) is 9.83. The summed E-state index contributed by atoms with van der Waals surface area (Å²) in [7, 11) is 0. The number of amides is 1. The van der Waals surface area contributed by atoms with E-state index >= 15 is 0 Å². The number of nitrogen functional groups attached to an aromatic ring is 1. The lowest BCUT2D eigenvalue weighted by Gasteiger charge is -2.07. The first-order valence-corrected chi connectivity index (χ1v) is 5.04. The van der Waals surface area contributed by atoms with Crippen molar-refractivity contribution in [3.63, 3.8) is 0 Å². The summed E-state index contributed by atoms with van der Waals surface area (Å²) in [6.45, 7) is 0.324. The minimum Gasteiger partial charge on any atom is -0.370 e. The van der Waals surface area contributed by atoms with Gasteiger partial charge in [0, 0.05) is 13.0 Å². The molecule has 6 N–H and O–H groups in total. The molecule has 0 radical (unpaired) electrons. The fourth-order valence-corrected chi connectivity index (χ4v) is 1.26. The number of nitro groups is 1. The Balaban J connectivity index is 2.75. The second kappa shape index (κ2) is 6.30. The first kappa shape index (κ1) is 13.6. The zero-order valence-electron chi connectivity index (χ0n) is 9.42. The Kier molecular flexibility index (Phi) is 4.75. The molecule has 98 valence electrons. The number of anilines is 2. The topological polar surface area (TPSA) is 162 Å². The molecular weight excluding hydrogens is 242 g/mol. The molecule has 1 aromatic heterocycles. The van der Waals surface area contributed by atoms with Gasteiger partial charge in [0.25, 0.3) is 0 Å². The van der Waals surface area contributed by atoms with Crippen LogP contribution in [0, 0.1) is 10.1 Å². The fourth-order valence-electron chi connectivity index (χ4n) is 1.26. The highest BCUT2D eigenvalue weighted by Gasteiger charge is 2.21. The van der Waals surface area contributed by atoms with Crippen molar-refractivity contribution >= 4 is 23.2 Å². The molecule has 0 aliphatic carbocycles. The summed E-state index contributed by atoms with van der Waals surface area (Å²) in [6, 6.07) is 0. The summed E-state index contributed by atoms with van der Waals surface area (Å²) in [4.78, 5) is 28.1. The largest absolute Gasteiger partial charge is 0.370 e. The monoisotopic (exact) mass is 255 g/mol. The third-order valence-electron chi connectivity index (χ3n) is 2.03. The van der Waals surface area contributed by atoms with Gasteiger partial charge in [0.1, 0.15) is 6.33 Å². The lowest BCUT2D eigenvalue weighted by atomic mass is 10.3. The van der Waals surface area contributed by atoms with Crippen LogP contribution in [-0.4, -0.2) is 27.3 Å². The van der Waals surface area contributed by atoms with Crippen molar-refractivity contribution in [1.29, 1.82) is 0 Å². The number of hydrogen-bond donors (Lipinski definition) is 4. The minimum atomic E-state index is -0.647. The molecule has 1 aromatic rings. The number of hydrazine groups is 1. The molecule has 0 aliphatic heterocycles. The number of carbonyl (C=O) groups excluding carboxylic acids is 1. The highest BCUT2D eigenvalue weighted by molar-refractivity contribution is 5.73. The van der Waals surface area contributed by atoms with Gasteiger partial charge < -0.3 is 16.5 Å². The first-order chi connectivity index (χ1) is 8.56. The van der Waals surface area contributed by atoms with Gasteiger partial charge in [-0.15, -0.1) is 0 Å². The highest BCUT2D eigenvalue weighted by atomic mass is 16.6. The van der Waals surface area contributed by atoms with Gasteiger partial charge in [0.2, 0.25) is 17.5 Å². The second-order valence-electron chi connectivity index (χ2n) is 3.32. The number of nitrogens with two attached hydrogens (primary N) is 2. The maximum atomic E-state index is 10.9. The van der Waals surface area contributed by atoms with Crippen LogP contribution in [0.5, 0.6) is 0 Å². The van der Waals surface area contributed by atoms with Crippen LogP contribution in [0.4, 0.5) is 17.3 Å². The highest BCUT2D eigenvalue weighted by Crippen LogP contribution is 2.27. The number of nitrogens with zero attached hydrogens (tertiary/aromatic N) is 3. The fraction of sp³-hybridized carbons (Fsp3) is 0.375. The number of primary amides is 1. The van der Waals surface area contributed by atoms with E-state index in [4.69, 9.17) is 11.6 Å². The van der Waals surface area contributed by atoms with Gasteiger partial charge in [0.05, 0.1) is 4.92 Å². The van der Waals surface area contributed by atoms with Crippen molar-refractivity contribution in [1.82, 2.24) is 9.97 Å². The van der Waals surface area contributed by atoms with Crippen molar-refractivity contribution in [2.45, 2.75) is 12.8 Å². The number of hydrogen-bond acceptors (Lipinski definition) is 8. The molecule has 0 unspecified atom stereocenters. The Hall–Kier alpha value is -2.49. The van der Waals surface area contributed by atoms with E-state index < -0.39 is 10.8 Å². The van der Waals surface area contributed by atoms with E-state index in [9.17, 15) is 14.9 Å². The van der Waals surface area contributed by atoms with Crippen LogP contribution in [-0.2, 0) is 4.79 Å². The van der Waals surface area contributed by atoms with Gasteiger partial charge in [0.15, 0.2) is 0 Å². The average Bonchev–Trinajstić information content (AvgIpc) is 2.33. The molecule has 1 amide bonds. The number of carbonyl (C=O) groups is 1. The van der Waals surface area contributed by atoms with Crippen molar-refractivity contribution in [3.8, 4) is 0 Å². The van der Waals surface area contributed by atoms with E-state index in [1.165, 1.54) is 0 Å². The molecule has 10 nitrogen and oxygen atoms in total. The average molecular weight is 255 g/mol. The van der Waals surface area contributed by atoms with E-state index in [2.05, 4.69) is 20.7 Å². The Morgan fingerprint density at radius 3 is 2.67 bits per heavy atom. The summed E-state index contributed by atoms with van der Waals surface area (Å²) in [5.74, 6) is 4.63. The maximum Gasteiger partial charge on any atom is 0.354 e. The number of nitrogens with one attached hydrogen (secondary N) is 2. The van der Waals surface area contributed by atoms with Crippen LogP contribution in [0.15, 0.2) is 6.33 Å². The lowest BCUT2D eigenvalue weighted by Crippen LogP contribution is -2.15. The predicted octanol–water partition coefficient (Wildman–Crippen LogP) is -0.652. The van der Waals surface area contributed by atoms with Crippen LogP contribution >= 0.6 is 0 Å². The Labute approximate surface area is 102 Å². The molecular formula is C8H13N7O3. The Morgan fingerprint density at radius 1 is 1.44 bits per heavy atom.